The number of hydrogen-bond donors (Lipinski definition) is 4. The molecule has 10 nitrogen and oxygen atoms in total. The Bertz CT molecular complexity index is 380. The molecule has 0 aliphatic carbocycles. The molecule has 0 heterocycles. The molecule has 0 fully saturated rings. The largest absolute Gasteiger partial charge is 1.00 e. The Hall–Kier alpha value is 1.15. The summed E-state index contributed by atoms with van der Waals surface area (Å²) >= 11 is 3.65. The maximum Gasteiger partial charge on any atom is 1.00 e. The van der Waals surface area contributed by atoms with Gasteiger partial charge in [-0.25, -0.2) is 0 Å². The predicted molar refractivity (Wildman–Crippen MR) is 58.7 cm³/mol. The van der Waals surface area contributed by atoms with Crippen LogP contribution in [0.2, 0.25) is 0 Å². The van der Waals surface area contributed by atoms with Crippen molar-refractivity contribution in [2.75, 3.05) is 5.75 Å². The Kier molecular flexibility index (Phi) is 27.6. The van der Waals surface area contributed by atoms with Gasteiger partial charge >= 0.3 is 94.6 Å². The van der Waals surface area contributed by atoms with E-state index in [2.05, 4.69) is 12.6 Å². The SMILES string of the molecule is N[C@@H](CS)C(=O)O.O=C([O-])CC(O)(CC(=O)[O-])C(=O)[O-].[Na+].[Na+].[Na+]. The van der Waals surface area contributed by atoms with Gasteiger partial charge in [-0.2, -0.15) is 12.6 Å². The third-order valence-electron chi connectivity index (χ3n) is 1.77. The van der Waals surface area contributed by atoms with Crippen LogP contribution in [0.5, 0.6) is 0 Å². The summed E-state index contributed by atoms with van der Waals surface area (Å²) < 4.78 is 0. The number of carbonyl (C=O) groups is 4. The van der Waals surface area contributed by atoms with Gasteiger partial charge in [-0.05, 0) is 0 Å². The fraction of sp³-hybridized carbons (Fsp3) is 0.556. The summed E-state index contributed by atoms with van der Waals surface area (Å²) in [6.45, 7) is 0. The Morgan fingerprint density at radius 1 is 1.00 bits per heavy atom. The molecule has 23 heavy (non-hydrogen) atoms. The van der Waals surface area contributed by atoms with Gasteiger partial charge in [-0.3, -0.25) is 4.79 Å². The summed E-state index contributed by atoms with van der Waals surface area (Å²) in [5.74, 6) is -6.80. The van der Waals surface area contributed by atoms with E-state index in [1.807, 2.05) is 0 Å². The van der Waals surface area contributed by atoms with Crippen molar-refractivity contribution in [1.29, 1.82) is 0 Å². The van der Waals surface area contributed by atoms with E-state index in [1.54, 1.807) is 0 Å². The van der Waals surface area contributed by atoms with Crippen molar-refractivity contribution < 1.29 is 133 Å². The topological polar surface area (TPSA) is 204 Å². The van der Waals surface area contributed by atoms with Crippen LogP contribution in [0.1, 0.15) is 12.8 Å². The predicted octanol–water partition coefficient (Wildman–Crippen LogP) is -14.9. The molecule has 0 radical (unpaired) electrons. The molecule has 4 N–H and O–H groups in total. The number of aliphatic carboxylic acids is 4. The van der Waals surface area contributed by atoms with Crippen LogP contribution in [-0.2, 0) is 19.2 Å². The maximum absolute atomic E-state index is 10.1. The van der Waals surface area contributed by atoms with Gasteiger partial charge < -0.3 is 45.6 Å². The Morgan fingerprint density at radius 2 is 1.30 bits per heavy atom. The first kappa shape index (κ1) is 35.3. The van der Waals surface area contributed by atoms with Crippen molar-refractivity contribution in [3.63, 3.8) is 0 Å². The average Bonchev–Trinajstić information content (AvgIpc) is 2.26. The van der Waals surface area contributed by atoms with Crippen molar-refractivity contribution in [1.82, 2.24) is 0 Å². The summed E-state index contributed by atoms with van der Waals surface area (Å²) in [6, 6.07) is -0.816. The van der Waals surface area contributed by atoms with Gasteiger partial charge in [-0.1, -0.05) is 0 Å². The first-order valence-electron chi connectivity index (χ1n) is 4.89. The minimum atomic E-state index is -2.97. The van der Waals surface area contributed by atoms with Gasteiger partial charge in [0.05, 0.1) is 5.97 Å². The van der Waals surface area contributed by atoms with Crippen molar-refractivity contribution in [3.8, 4) is 0 Å². The van der Waals surface area contributed by atoms with Crippen LogP contribution in [0, 0.1) is 0 Å². The molecule has 1 atom stereocenters. The third-order valence-corrected chi connectivity index (χ3v) is 2.16. The van der Waals surface area contributed by atoms with E-state index in [4.69, 9.17) is 15.9 Å². The second-order valence-electron chi connectivity index (χ2n) is 3.54. The summed E-state index contributed by atoms with van der Waals surface area (Å²) in [6.07, 6.45) is -2.72. The molecule has 0 amide bonds. The van der Waals surface area contributed by atoms with Crippen LogP contribution in [-0.4, -0.2) is 51.5 Å². The monoisotopic (exact) mass is 379 g/mol. The first-order valence-corrected chi connectivity index (χ1v) is 5.52. The quantitative estimate of drug-likeness (QED) is 0.243. The molecule has 14 heteroatoms. The molecule has 0 aromatic heterocycles. The van der Waals surface area contributed by atoms with Crippen LogP contribution in [0.15, 0.2) is 0 Å². The fourth-order valence-corrected chi connectivity index (χ4v) is 0.919. The smallest absolute Gasteiger partial charge is 0.550 e. The van der Waals surface area contributed by atoms with E-state index in [0.717, 1.165) is 0 Å². The molecule has 0 saturated carbocycles. The van der Waals surface area contributed by atoms with Crippen molar-refractivity contribution in [2.24, 2.45) is 5.73 Å². The second kappa shape index (κ2) is 18.0. The van der Waals surface area contributed by atoms with Crippen molar-refractivity contribution >= 4 is 36.5 Å². The number of rotatable bonds is 7. The van der Waals surface area contributed by atoms with Crippen LogP contribution in [0.25, 0.3) is 0 Å². The zero-order valence-corrected chi connectivity index (χ0v) is 19.9. The Balaban J connectivity index is -0.0000000945. The van der Waals surface area contributed by atoms with E-state index in [9.17, 15) is 34.5 Å². The molecular weight excluding hydrogens is 367 g/mol. The number of aliphatic hydroxyl groups is 1. The average molecular weight is 379 g/mol. The van der Waals surface area contributed by atoms with Crippen LogP contribution in [0.4, 0.5) is 0 Å². The van der Waals surface area contributed by atoms with Crippen LogP contribution >= 0.6 is 12.6 Å². The Morgan fingerprint density at radius 3 is 1.39 bits per heavy atom. The van der Waals surface area contributed by atoms with Crippen LogP contribution in [0.3, 0.4) is 0 Å². The number of carboxylic acids is 4. The zero-order chi connectivity index (χ0) is 16.5. The molecule has 0 aliphatic heterocycles. The second-order valence-corrected chi connectivity index (χ2v) is 3.91. The number of thiol groups is 1. The summed E-state index contributed by atoms with van der Waals surface area (Å²) in [4.78, 5) is 39.8. The number of nitrogens with two attached hydrogens (primary N) is 1. The zero-order valence-electron chi connectivity index (χ0n) is 13.0. The van der Waals surface area contributed by atoms with Gasteiger partial charge in [0.25, 0.3) is 0 Å². The fourth-order valence-electron chi connectivity index (χ4n) is 0.762. The minimum absolute atomic E-state index is 0. The van der Waals surface area contributed by atoms with Crippen molar-refractivity contribution in [3.05, 3.63) is 0 Å². The molecule has 116 valence electrons. The Labute approximate surface area is 203 Å². The van der Waals surface area contributed by atoms with Gasteiger partial charge in [-0.15, -0.1) is 0 Å². The third kappa shape index (κ3) is 19.3. The molecule has 0 unspecified atom stereocenters. The van der Waals surface area contributed by atoms with E-state index in [-0.39, 0.29) is 94.4 Å². The summed E-state index contributed by atoms with van der Waals surface area (Å²) in [5.41, 5.74) is 1.97. The molecular formula is C9H12NNa3O9S. The number of carbonyl (C=O) groups excluding carboxylic acids is 3. The summed E-state index contributed by atoms with van der Waals surface area (Å²) in [5, 5.41) is 46.9. The molecule has 0 saturated heterocycles. The normalized spacial score (nSPS) is 10.2. The molecule has 0 rings (SSSR count). The number of hydrogen-bond acceptors (Lipinski definition) is 10. The molecule has 0 aromatic carbocycles. The van der Waals surface area contributed by atoms with Gasteiger partial charge in [0.15, 0.2) is 0 Å². The van der Waals surface area contributed by atoms with E-state index < -0.39 is 48.4 Å². The van der Waals surface area contributed by atoms with Crippen LogP contribution < -0.4 is 110 Å². The standard InChI is InChI=1S/C6H8O7.C3H7NO2S.3Na/c7-3(8)1-6(13,5(11)12)2-4(9)10;4-2(1-7)3(5)6;;;/h13H,1-2H2,(H,7,8)(H,9,10)(H,11,12);2,7H,1,4H2,(H,5,6);;;/q;;3*+1/p-3/t;2-;;;/m.0.../s1. The minimum Gasteiger partial charge on any atom is -0.550 e. The van der Waals surface area contributed by atoms with Crippen molar-refractivity contribution in [2.45, 2.75) is 24.5 Å². The molecule has 0 aromatic rings. The van der Waals surface area contributed by atoms with Gasteiger partial charge in [0, 0.05) is 30.5 Å². The molecule has 0 spiro atoms. The summed E-state index contributed by atoms with van der Waals surface area (Å²) in [7, 11) is 0. The van der Waals surface area contributed by atoms with Gasteiger partial charge in [0.2, 0.25) is 0 Å². The van der Waals surface area contributed by atoms with E-state index >= 15 is 0 Å². The van der Waals surface area contributed by atoms with E-state index in [1.165, 1.54) is 0 Å². The van der Waals surface area contributed by atoms with E-state index in [0.29, 0.717) is 0 Å². The molecule has 0 aliphatic rings. The maximum atomic E-state index is 10.1. The first-order chi connectivity index (χ1) is 8.96. The number of carboxylic acid groups (broad SMARTS) is 4. The van der Waals surface area contributed by atoms with Gasteiger partial charge in [0.1, 0.15) is 11.6 Å². The molecule has 0 bridgehead atoms.